The average molecular weight is 458 g/mol. The Morgan fingerprint density at radius 1 is 1.07 bits per heavy atom. The van der Waals surface area contributed by atoms with Crippen molar-refractivity contribution in [2.75, 3.05) is 51.3 Å². The second kappa shape index (κ2) is 10.00. The van der Waals surface area contributed by atoms with Crippen LogP contribution in [0, 0.1) is 0 Å². The van der Waals surface area contributed by atoms with E-state index >= 15 is 0 Å². The Kier molecular flexibility index (Phi) is 7.65. The summed E-state index contributed by atoms with van der Waals surface area (Å²) in [5, 5.41) is 0.497. The van der Waals surface area contributed by atoms with Crippen LogP contribution in [0.25, 0.3) is 0 Å². The molecule has 3 rings (SSSR count). The molecule has 9 heteroatoms. The van der Waals surface area contributed by atoms with Crippen molar-refractivity contribution in [2.24, 2.45) is 0 Å². The van der Waals surface area contributed by atoms with Crippen LogP contribution in [0.4, 0.5) is 5.69 Å². The molecule has 2 aromatic carbocycles. The maximum atomic E-state index is 12.4. The topological polar surface area (TPSA) is 61.9 Å². The Morgan fingerprint density at radius 3 is 2.52 bits per heavy atom. The Balaban J connectivity index is 1.45. The molecule has 158 valence electrons. The van der Waals surface area contributed by atoms with E-state index in [2.05, 4.69) is 20.6 Å². The molecule has 1 heterocycles. The van der Waals surface area contributed by atoms with E-state index < -0.39 is 10.0 Å². The molecular formula is C20H25Cl2N3O3S. The van der Waals surface area contributed by atoms with Crippen molar-refractivity contribution in [3.05, 3.63) is 52.5 Å². The molecule has 0 spiro atoms. The molecule has 0 unspecified atom stereocenters. The lowest BCUT2D eigenvalue weighted by Gasteiger charge is -2.36. The van der Waals surface area contributed by atoms with Crippen LogP contribution in [-0.2, 0) is 10.0 Å². The molecule has 1 N–H and O–H groups in total. The Labute approximate surface area is 182 Å². The minimum atomic E-state index is -3.68. The van der Waals surface area contributed by atoms with Crippen molar-refractivity contribution in [3.63, 3.8) is 0 Å². The Bertz CT molecular complexity index is 932. The quantitative estimate of drug-likeness (QED) is 0.614. The van der Waals surface area contributed by atoms with E-state index in [4.69, 9.17) is 27.9 Å². The predicted molar refractivity (Wildman–Crippen MR) is 118 cm³/mol. The first-order chi connectivity index (χ1) is 13.9. The molecule has 1 aliphatic heterocycles. The summed E-state index contributed by atoms with van der Waals surface area (Å²) in [6.07, 6.45) is 0.714. The maximum absolute atomic E-state index is 12.4. The molecule has 0 bridgehead atoms. The summed E-state index contributed by atoms with van der Waals surface area (Å²) in [5.41, 5.74) is 1.11. The van der Waals surface area contributed by atoms with E-state index in [1.807, 2.05) is 18.2 Å². The van der Waals surface area contributed by atoms with Gasteiger partial charge in [0.15, 0.2) is 0 Å². The fourth-order valence-electron chi connectivity index (χ4n) is 3.37. The number of nitrogens with one attached hydrogen (secondary N) is 1. The SMILES string of the molecule is COc1ccccc1N1CCN(CCCNS(=O)(=O)c2cc(Cl)ccc2Cl)CC1. The molecule has 6 nitrogen and oxygen atoms in total. The first kappa shape index (κ1) is 22.2. The predicted octanol–water partition coefficient (Wildman–Crippen LogP) is 3.49. The Hall–Kier alpha value is -1.51. The highest BCUT2D eigenvalue weighted by atomic mass is 35.5. The van der Waals surface area contributed by atoms with Crippen molar-refractivity contribution in [1.29, 1.82) is 0 Å². The normalized spacial score (nSPS) is 15.5. The number of ether oxygens (including phenoxy) is 1. The number of piperazine rings is 1. The molecule has 0 aromatic heterocycles. The fraction of sp³-hybridized carbons (Fsp3) is 0.400. The third-order valence-corrected chi connectivity index (χ3v) is 7.10. The van der Waals surface area contributed by atoms with Gasteiger partial charge >= 0.3 is 0 Å². The highest BCUT2D eigenvalue weighted by molar-refractivity contribution is 7.89. The van der Waals surface area contributed by atoms with Gasteiger partial charge in [0.1, 0.15) is 10.6 Å². The number of hydrogen-bond acceptors (Lipinski definition) is 5. The minimum absolute atomic E-state index is 0.0112. The van der Waals surface area contributed by atoms with Crippen LogP contribution in [0.15, 0.2) is 47.4 Å². The van der Waals surface area contributed by atoms with Gasteiger partial charge in [0.05, 0.1) is 17.8 Å². The molecule has 1 saturated heterocycles. The summed E-state index contributed by atoms with van der Waals surface area (Å²) in [6.45, 7) is 4.83. The van der Waals surface area contributed by atoms with Crippen LogP contribution in [0.2, 0.25) is 10.0 Å². The molecule has 2 aromatic rings. The lowest BCUT2D eigenvalue weighted by atomic mass is 10.2. The summed E-state index contributed by atoms with van der Waals surface area (Å²) in [6, 6.07) is 12.4. The second-order valence-corrected chi connectivity index (χ2v) is 9.41. The highest BCUT2D eigenvalue weighted by Crippen LogP contribution is 2.28. The van der Waals surface area contributed by atoms with E-state index in [-0.39, 0.29) is 9.92 Å². The van der Waals surface area contributed by atoms with E-state index in [1.165, 1.54) is 12.1 Å². The summed E-state index contributed by atoms with van der Waals surface area (Å²) >= 11 is 11.9. The van der Waals surface area contributed by atoms with Crippen molar-refractivity contribution in [2.45, 2.75) is 11.3 Å². The number of halogens is 2. The lowest BCUT2D eigenvalue weighted by Crippen LogP contribution is -2.47. The largest absolute Gasteiger partial charge is 0.495 e. The monoisotopic (exact) mass is 457 g/mol. The number of nitrogens with zero attached hydrogens (tertiary/aromatic N) is 2. The summed E-state index contributed by atoms with van der Waals surface area (Å²) in [7, 11) is -1.99. The number of rotatable bonds is 8. The van der Waals surface area contributed by atoms with Gasteiger partial charge in [-0.3, -0.25) is 4.90 Å². The molecular weight excluding hydrogens is 433 g/mol. The summed E-state index contributed by atoms with van der Waals surface area (Å²) < 4.78 is 32.9. The number of anilines is 1. The number of hydrogen-bond donors (Lipinski definition) is 1. The average Bonchev–Trinajstić information content (AvgIpc) is 2.73. The first-order valence-corrected chi connectivity index (χ1v) is 11.7. The van der Waals surface area contributed by atoms with Gasteiger partial charge in [0, 0.05) is 37.7 Å². The zero-order chi connectivity index (χ0) is 20.9. The van der Waals surface area contributed by atoms with E-state index in [9.17, 15) is 8.42 Å². The van der Waals surface area contributed by atoms with Crippen molar-refractivity contribution < 1.29 is 13.2 Å². The van der Waals surface area contributed by atoms with Gasteiger partial charge < -0.3 is 9.64 Å². The zero-order valence-electron chi connectivity index (χ0n) is 16.3. The van der Waals surface area contributed by atoms with Crippen LogP contribution in [0.3, 0.4) is 0 Å². The van der Waals surface area contributed by atoms with Crippen molar-refractivity contribution in [1.82, 2.24) is 9.62 Å². The van der Waals surface area contributed by atoms with E-state index in [0.29, 0.717) is 18.0 Å². The van der Waals surface area contributed by atoms with Crippen LogP contribution < -0.4 is 14.4 Å². The van der Waals surface area contributed by atoms with Gasteiger partial charge in [-0.15, -0.1) is 0 Å². The van der Waals surface area contributed by atoms with Crippen LogP contribution >= 0.6 is 23.2 Å². The van der Waals surface area contributed by atoms with E-state index in [1.54, 1.807) is 13.2 Å². The zero-order valence-corrected chi connectivity index (χ0v) is 18.6. The molecule has 0 radical (unpaired) electrons. The van der Waals surface area contributed by atoms with Gasteiger partial charge in [0.2, 0.25) is 10.0 Å². The number of methoxy groups -OCH3 is 1. The first-order valence-electron chi connectivity index (χ1n) is 9.46. The van der Waals surface area contributed by atoms with Crippen LogP contribution in [-0.4, -0.2) is 59.7 Å². The maximum Gasteiger partial charge on any atom is 0.242 e. The van der Waals surface area contributed by atoms with Crippen molar-refractivity contribution >= 4 is 38.9 Å². The standard InChI is InChI=1S/C20H25Cl2N3O3S/c1-28-19-6-3-2-5-18(19)25-13-11-24(12-14-25)10-4-9-23-29(26,27)20-15-16(21)7-8-17(20)22/h2-3,5-8,15,23H,4,9-14H2,1H3. The lowest BCUT2D eigenvalue weighted by molar-refractivity contribution is 0.254. The van der Waals surface area contributed by atoms with Gasteiger partial charge in [-0.25, -0.2) is 13.1 Å². The number of benzene rings is 2. The smallest absolute Gasteiger partial charge is 0.242 e. The minimum Gasteiger partial charge on any atom is -0.495 e. The van der Waals surface area contributed by atoms with Gasteiger partial charge in [-0.2, -0.15) is 0 Å². The van der Waals surface area contributed by atoms with Gasteiger partial charge in [-0.05, 0) is 43.3 Å². The number of para-hydroxylation sites is 2. The molecule has 1 fully saturated rings. The molecule has 0 amide bonds. The van der Waals surface area contributed by atoms with Gasteiger partial charge in [0.25, 0.3) is 0 Å². The van der Waals surface area contributed by atoms with Crippen LogP contribution in [0.5, 0.6) is 5.75 Å². The molecule has 1 aliphatic rings. The Morgan fingerprint density at radius 2 is 1.79 bits per heavy atom. The summed E-state index contributed by atoms with van der Waals surface area (Å²) in [5.74, 6) is 0.884. The van der Waals surface area contributed by atoms with Crippen molar-refractivity contribution in [3.8, 4) is 5.75 Å². The molecule has 29 heavy (non-hydrogen) atoms. The molecule has 0 aliphatic carbocycles. The molecule has 0 atom stereocenters. The number of sulfonamides is 1. The second-order valence-electron chi connectivity index (χ2n) is 6.83. The van der Waals surface area contributed by atoms with Crippen LogP contribution in [0.1, 0.15) is 6.42 Å². The molecule has 0 saturated carbocycles. The fourth-order valence-corrected chi connectivity index (χ4v) is 5.21. The highest BCUT2D eigenvalue weighted by Gasteiger charge is 2.20. The third kappa shape index (κ3) is 5.77. The third-order valence-electron chi connectivity index (χ3n) is 4.92. The summed E-state index contributed by atoms with van der Waals surface area (Å²) in [4.78, 5) is 4.67. The van der Waals surface area contributed by atoms with E-state index in [0.717, 1.165) is 44.2 Å². The van der Waals surface area contributed by atoms with Gasteiger partial charge in [-0.1, -0.05) is 35.3 Å².